The van der Waals surface area contributed by atoms with Crippen molar-refractivity contribution in [3.8, 4) is 0 Å². The quantitative estimate of drug-likeness (QED) is 0.181. The Morgan fingerprint density at radius 1 is 0.891 bits per heavy atom. The van der Waals surface area contributed by atoms with Gasteiger partial charge in [0.15, 0.2) is 0 Å². The zero-order valence-electron chi connectivity index (χ0n) is 27.0. The number of ether oxygens (including phenoxy) is 1. The molecule has 0 spiro atoms. The van der Waals surface area contributed by atoms with Gasteiger partial charge in [0.25, 0.3) is 5.56 Å². The molecule has 4 bridgehead atoms. The van der Waals surface area contributed by atoms with E-state index in [-0.39, 0.29) is 11.6 Å². The number of aromatic nitrogens is 2. The molecule has 3 aromatic rings. The predicted molar refractivity (Wildman–Crippen MR) is 177 cm³/mol. The minimum Gasteiger partial charge on any atom is -0.434 e. The average molecular weight is 648 g/mol. The van der Waals surface area contributed by atoms with E-state index in [9.17, 15) is 19.0 Å². The van der Waals surface area contributed by atoms with Crippen LogP contribution in [0.25, 0.3) is 11.0 Å². The molecule has 5 fully saturated rings. The van der Waals surface area contributed by atoms with Gasteiger partial charge in [0.2, 0.25) is 12.2 Å². The first-order chi connectivity index (χ1) is 22.1. The standard InChI is InChI=1S/C36H46N3O6P/c1-22-13-14-28-19-30(20-33(22)38(28)29-15-23(2)24(3)27-16-25(17-27)18-29)39-32-12-8-7-11-31(32)37-34(35(39)40)46(42,43)45-21-44-36(41)26-9-5-4-6-10-26/h4-12,22-25,27-30,33H,13-21H2,1-3H3,(H,42,43)/t22?,23?,24?,25?,27?,28-,29+,30+,33?/m1/s1. The second kappa shape index (κ2) is 12.6. The summed E-state index contributed by atoms with van der Waals surface area (Å²) < 4.78 is 25.6. The van der Waals surface area contributed by atoms with E-state index in [4.69, 9.17) is 9.26 Å². The summed E-state index contributed by atoms with van der Waals surface area (Å²) in [4.78, 5) is 44.8. The molecular formula is C36H46N3O6P. The molecule has 5 unspecified atom stereocenters. The third kappa shape index (κ3) is 5.89. The van der Waals surface area contributed by atoms with E-state index in [1.807, 2.05) is 12.1 Å². The maximum Gasteiger partial charge on any atom is 0.385 e. The minimum absolute atomic E-state index is 0.137. The smallest absolute Gasteiger partial charge is 0.385 e. The van der Waals surface area contributed by atoms with Gasteiger partial charge in [-0.3, -0.25) is 18.8 Å². The van der Waals surface area contributed by atoms with Crippen LogP contribution in [-0.2, 0) is 13.8 Å². The number of esters is 1. The van der Waals surface area contributed by atoms with E-state index in [0.29, 0.717) is 41.0 Å². The fraction of sp³-hybridized carbons (Fsp3) is 0.583. The Bertz CT molecular complexity index is 1690. The van der Waals surface area contributed by atoms with Crippen molar-refractivity contribution < 1.29 is 23.5 Å². The summed E-state index contributed by atoms with van der Waals surface area (Å²) in [6, 6.07) is 16.7. The van der Waals surface area contributed by atoms with Gasteiger partial charge in [0, 0.05) is 24.2 Å². The van der Waals surface area contributed by atoms with Gasteiger partial charge in [0.05, 0.1) is 16.6 Å². The Morgan fingerprint density at radius 2 is 1.63 bits per heavy atom. The van der Waals surface area contributed by atoms with Crippen LogP contribution < -0.4 is 11.0 Å². The van der Waals surface area contributed by atoms with Crippen molar-refractivity contribution in [2.75, 3.05) is 6.79 Å². The third-order valence-electron chi connectivity index (χ3n) is 11.9. The molecule has 3 heterocycles. The summed E-state index contributed by atoms with van der Waals surface area (Å²) in [6.45, 7) is 6.48. The first-order valence-electron chi connectivity index (χ1n) is 17.1. The van der Waals surface area contributed by atoms with Crippen molar-refractivity contribution in [2.24, 2.45) is 29.6 Å². The van der Waals surface area contributed by atoms with Crippen molar-refractivity contribution in [3.05, 3.63) is 70.5 Å². The zero-order valence-corrected chi connectivity index (χ0v) is 27.9. The summed E-state index contributed by atoms with van der Waals surface area (Å²) in [5.74, 6) is 3.01. The molecule has 8 rings (SSSR count). The highest BCUT2D eigenvalue weighted by Crippen LogP contribution is 2.51. The van der Waals surface area contributed by atoms with Crippen molar-refractivity contribution in [3.63, 3.8) is 0 Å². The van der Waals surface area contributed by atoms with Crippen LogP contribution in [0, 0.1) is 29.6 Å². The molecule has 5 aliphatic rings. The van der Waals surface area contributed by atoms with Gasteiger partial charge >= 0.3 is 13.6 Å². The summed E-state index contributed by atoms with van der Waals surface area (Å²) in [5, 5.41) is 0. The van der Waals surface area contributed by atoms with Gasteiger partial charge in [0.1, 0.15) is 0 Å². The van der Waals surface area contributed by atoms with Crippen LogP contribution in [0.5, 0.6) is 0 Å². The molecule has 0 radical (unpaired) electrons. The van der Waals surface area contributed by atoms with E-state index in [1.54, 1.807) is 47.0 Å². The molecular weight excluding hydrogens is 601 g/mol. The number of carbonyl (C=O) groups excluding carboxylic acids is 1. The SMILES string of the molecule is CC1C[C@H](N2C3C[C@@H](n4c(=O)c(P(=O)(O)OCOC(=O)c5ccccc5)nc5ccccc54)C[C@H]2CCC3C)CC2CC(C2)C1C. The number of carbonyl (C=O) groups is 1. The molecule has 3 saturated carbocycles. The van der Waals surface area contributed by atoms with Crippen molar-refractivity contribution in [1.29, 1.82) is 0 Å². The molecule has 46 heavy (non-hydrogen) atoms. The number of rotatable bonds is 7. The van der Waals surface area contributed by atoms with Crippen LogP contribution in [0.15, 0.2) is 59.4 Å². The molecule has 246 valence electrons. The van der Waals surface area contributed by atoms with Gasteiger partial charge in [-0.2, -0.15) is 0 Å². The van der Waals surface area contributed by atoms with Crippen molar-refractivity contribution in [1.82, 2.24) is 14.5 Å². The Balaban J connectivity index is 1.17. The van der Waals surface area contributed by atoms with E-state index in [2.05, 4.69) is 30.7 Å². The second-order valence-corrected chi connectivity index (χ2v) is 16.3. The average Bonchev–Trinajstić information content (AvgIpc) is 3.02. The first kappa shape index (κ1) is 31.7. The fourth-order valence-electron chi connectivity index (χ4n) is 9.22. The molecule has 1 aromatic heterocycles. The topological polar surface area (TPSA) is 111 Å². The van der Waals surface area contributed by atoms with E-state index in [1.165, 1.54) is 32.1 Å². The third-order valence-corrected chi connectivity index (χ3v) is 13.2. The summed E-state index contributed by atoms with van der Waals surface area (Å²) in [5.41, 5.74) is 0.252. The lowest BCUT2D eigenvalue weighted by atomic mass is 9.60. The molecule has 8 atom stereocenters. The Labute approximate surface area is 270 Å². The van der Waals surface area contributed by atoms with Gasteiger partial charge in [-0.25, -0.2) is 9.78 Å². The van der Waals surface area contributed by atoms with E-state index in [0.717, 1.165) is 37.0 Å². The molecule has 1 N–H and O–H groups in total. The van der Waals surface area contributed by atoms with Crippen LogP contribution in [0.4, 0.5) is 0 Å². The van der Waals surface area contributed by atoms with Crippen LogP contribution in [0.1, 0.15) is 88.5 Å². The Morgan fingerprint density at radius 3 is 2.41 bits per heavy atom. The lowest BCUT2D eigenvalue weighted by molar-refractivity contribution is -0.0755. The highest BCUT2D eigenvalue weighted by atomic mass is 31.2. The number of fused-ring (bicyclic) bond motifs is 8. The second-order valence-electron chi connectivity index (χ2n) is 14.6. The van der Waals surface area contributed by atoms with Crippen LogP contribution >= 0.6 is 7.60 Å². The monoisotopic (exact) mass is 647 g/mol. The Hall–Kier alpha value is -2.84. The number of piperidine rings is 2. The van der Waals surface area contributed by atoms with E-state index < -0.39 is 31.4 Å². The Kier molecular flexibility index (Phi) is 8.73. The highest BCUT2D eigenvalue weighted by molar-refractivity contribution is 7.60. The number of para-hydroxylation sites is 2. The molecule has 0 amide bonds. The molecule has 2 saturated heterocycles. The fourth-order valence-corrected chi connectivity index (χ4v) is 10.1. The maximum atomic E-state index is 14.2. The van der Waals surface area contributed by atoms with Crippen LogP contribution in [0.2, 0.25) is 0 Å². The van der Waals surface area contributed by atoms with Crippen LogP contribution in [-0.4, -0.2) is 50.2 Å². The lowest BCUT2D eigenvalue weighted by Gasteiger charge is -2.57. The van der Waals surface area contributed by atoms with Gasteiger partial charge in [-0.15, -0.1) is 0 Å². The van der Waals surface area contributed by atoms with E-state index >= 15 is 0 Å². The largest absolute Gasteiger partial charge is 0.434 e. The molecule has 9 nitrogen and oxygen atoms in total. The minimum atomic E-state index is -4.74. The number of nitrogens with zero attached hydrogens (tertiary/aromatic N) is 3. The van der Waals surface area contributed by atoms with Crippen LogP contribution in [0.3, 0.4) is 0 Å². The number of benzene rings is 2. The van der Waals surface area contributed by atoms with Crippen molar-refractivity contribution in [2.45, 2.75) is 96.3 Å². The summed E-state index contributed by atoms with van der Waals surface area (Å²) >= 11 is 0. The van der Waals surface area contributed by atoms with Gasteiger partial charge < -0.3 is 14.2 Å². The molecule has 3 aliphatic carbocycles. The first-order valence-corrected chi connectivity index (χ1v) is 18.7. The van der Waals surface area contributed by atoms with Crippen molar-refractivity contribution >= 4 is 30.0 Å². The molecule has 2 aliphatic heterocycles. The summed E-state index contributed by atoms with van der Waals surface area (Å²) in [7, 11) is -4.74. The zero-order chi connectivity index (χ0) is 32.2. The van der Waals surface area contributed by atoms with Gasteiger partial charge in [-0.1, -0.05) is 51.1 Å². The van der Waals surface area contributed by atoms with Gasteiger partial charge in [-0.05, 0) is 105 Å². The molecule has 2 aromatic carbocycles. The predicted octanol–water partition coefficient (Wildman–Crippen LogP) is 6.30. The lowest BCUT2D eigenvalue weighted by Crippen LogP contribution is -2.61. The maximum absolute atomic E-state index is 14.2. The number of hydrogen-bond acceptors (Lipinski definition) is 7. The normalized spacial score (nSPS) is 34.1. The highest BCUT2D eigenvalue weighted by Gasteiger charge is 2.49. The number of hydrogen-bond donors (Lipinski definition) is 1. The summed E-state index contributed by atoms with van der Waals surface area (Å²) in [6.07, 6.45) is 9.17. The molecule has 10 heteroatoms.